The summed E-state index contributed by atoms with van der Waals surface area (Å²) < 4.78 is 28.2. The molecule has 0 aliphatic carbocycles. The van der Waals surface area contributed by atoms with E-state index in [0.717, 1.165) is 23.6 Å². The Kier molecular flexibility index (Phi) is 5.70. The third-order valence-corrected chi connectivity index (χ3v) is 3.87. The lowest BCUT2D eigenvalue weighted by atomic mass is 10.2. The largest absolute Gasteiger partial charge is 0.356 e. The second kappa shape index (κ2) is 8.35. The molecule has 0 radical (unpaired) electrons. The van der Waals surface area contributed by atoms with Crippen LogP contribution in [0.4, 0.5) is 8.78 Å². The van der Waals surface area contributed by atoms with Crippen LogP contribution in [0.15, 0.2) is 42.6 Å². The minimum atomic E-state index is -0.947. The van der Waals surface area contributed by atoms with Gasteiger partial charge in [-0.1, -0.05) is 6.07 Å². The van der Waals surface area contributed by atoms with E-state index in [1.165, 1.54) is 0 Å². The molecular weight excluding hydrogens is 356 g/mol. The van der Waals surface area contributed by atoms with Crippen LogP contribution in [0.5, 0.6) is 0 Å². The van der Waals surface area contributed by atoms with Gasteiger partial charge in [-0.2, -0.15) is 0 Å². The van der Waals surface area contributed by atoms with Crippen molar-refractivity contribution >= 4 is 17.5 Å². The number of halogens is 2. The number of hydrogen-bond donors (Lipinski definition) is 2. The smallest absolute Gasteiger partial charge is 0.254 e. The number of benzene rings is 1. The molecule has 0 fully saturated rings. The molecule has 0 bridgehead atoms. The van der Waals surface area contributed by atoms with Gasteiger partial charge in [0, 0.05) is 38.2 Å². The van der Waals surface area contributed by atoms with Crippen LogP contribution < -0.4 is 10.6 Å². The molecular formula is C18H17F2N5O2. The van der Waals surface area contributed by atoms with Gasteiger partial charge in [0.2, 0.25) is 5.91 Å². The number of hydrogen-bond acceptors (Lipinski definition) is 4. The molecule has 3 aromatic rings. The van der Waals surface area contributed by atoms with Crippen LogP contribution in [0.25, 0.3) is 5.65 Å². The summed E-state index contributed by atoms with van der Waals surface area (Å²) >= 11 is 0. The number of fused-ring (bicyclic) bond motifs is 1. The van der Waals surface area contributed by atoms with Crippen LogP contribution in [-0.2, 0) is 11.2 Å². The number of amides is 2. The first-order valence-electron chi connectivity index (χ1n) is 8.33. The number of nitrogens with one attached hydrogen (secondary N) is 2. The number of pyridine rings is 1. The molecule has 0 aliphatic heterocycles. The lowest BCUT2D eigenvalue weighted by molar-refractivity contribution is -0.120. The van der Waals surface area contributed by atoms with E-state index in [-0.39, 0.29) is 24.4 Å². The van der Waals surface area contributed by atoms with Crippen molar-refractivity contribution in [2.45, 2.75) is 12.8 Å². The first kappa shape index (κ1) is 18.4. The molecule has 2 amide bonds. The highest BCUT2D eigenvalue weighted by molar-refractivity contribution is 5.94. The minimum absolute atomic E-state index is 0.0368. The molecule has 0 saturated carbocycles. The summed E-state index contributed by atoms with van der Waals surface area (Å²) in [5.74, 6) is -1.94. The molecule has 27 heavy (non-hydrogen) atoms. The molecule has 0 atom stereocenters. The Balaban J connectivity index is 1.40. The van der Waals surface area contributed by atoms with Gasteiger partial charge >= 0.3 is 0 Å². The van der Waals surface area contributed by atoms with Crippen molar-refractivity contribution in [2.24, 2.45) is 0 Å². The summed E-state index contributed by atoms with van der Waals surface area (Å²) in [6.45, 7) is 0.407. The SMILES string of the molecule is O=C(CCNC(=O)c1ccc(F)cc1F)NCCc1nnc2ccccn12. The van der Waals surface area contributed by atoms with Gasteiger partial charge in [-0.15, -0.1) is 10.2 Å². The number of rotatable bonds is 7. The van der Waals surface area contributed by atoms with E-state index in [2.05, 4.69) is 20.8 Å². The second-order valence-electron chi connectivity index (χ2n) is 5.78. The molecule has 9 heteroatoms. The number of carbonyl (C=O) groups excluding carboxylic acids is 2. The molecule has 2 heterocycles. The topological polar surface area (TPSA) is 88.4 Å². The van der Waals surface area contributed by atoms with E-state index >= 15 is 0 Å². The van der Waals surface area contributed by atoms with E-state index < -0.39 is 17.5 Å². The van der Waals surface area contributed by atoms with Crippen LogP contribution in [-0.4, -0.2) is 39.5 Å². The normalized spacial score (nSPS) is 10.7. The average molecular weight is 373 g/mol. The van der Waals surface area contributed by atoms with Gasteiger partial charge in [-0.05, 0) is 24.3 Å². The Morgan fingerprint density at radius 2 is 1.89 bits per heavy atom. The minimum Gasteiger partial charge on any atom is -0.356 e. The third kappa shape index (κ3) is 4.63. The van der Waals surface area contributed by atoms with Crippen molar-refractivity contribution in [1.82, 2.24) is 25.2 Å². The maximum absolute atomic E-state index is 13.5. The maximum Gasteiger partial charge on any atom is 0.254 e. The van der Waals surface area contributed by atoms with Gasteiger partial charge in [0.15, 0.2) is 5.65 Å². The zero-order valence-electron chi connectivity index (χ0n) is 14.3. The van der Waals surface area contributed by atoms with Crippen LogP contribution in [0.1, 0.15) is 22.6 Å². The zero-order chi connectivity index (χ0) is 19.2. The zero-order valence-corrected chi connectivity index (χ0v) is 14.3. The number of aromatic nitrogens is 3. The lowest BCUT2D eigenvalue weighted by Gasteiger charge is -2.07. The fraction of sp³-hybridized carbons (Fsp3) is 0.222. The fourth-order valence-electron chi connectivity index (χ4n) is 2.52. The molecule has 140 valence electrons. The van der Waals surface area contributed by atoms with Crippen molar-refractivity contribution in [1.29, 1.82) is 0 Å². The summed E-state index contributed by atoms with van der Waals surface area (Å²) in [5.41, 5.74) is 0.463. The molecule has 0 aliphatic rings. The molecule has 1 aromatic carbocycles. The van der Waals surface area contributed by atoms with E-state index in [0.29, 0.717) is 19.0 Å². The molecule has 7 nitrogen and oxygen atoms in total. The predicted molar refractivity (Wildman–Crippen MR) is 93.0 cm³/mol. The van der Waals surface area contributed by atoms with Crippen molar-refractivity contribution in [3.63, 3.8) is 0 Å². The molecule has 0 spiro atoms. The summed E-state index contributed by atoms with van der Waals surface area (Å²) in [6.07, 6.45) is 2.38. The van der Waals surface area contributed by atoms with Gasteiger partial charge in [0.1, 0.15) is 17.5 Å². The van der Waals surface area contributed by atoms with Crippen molar-refractivity contribution in [2.75, 3.05) is 13.1 Å². The van der Waals surface area contributed by atoms with E-state index in [1.807, 2.05) is 28.8 Å². The summed E-state index contributed by atoms with van der Waals surface area (Å²) in [4.78, 5) is 23.7. The highest BCUT2D eigenvalue weighted by atomic mass is 19.1. The Morgan fingerprint density at radius 3 is 2.70 bits per heavy atom. The maximum atomic E-state index is 13.5. The molecule has 0 saturated heterocycles. The number of carbonyl (C=O) groups is 2. The van der Waals surface area contributed by atoms with Gasteiger partial charge in [-0.3, -0.25) is 14.0 Å². The van der Waals surface area contributed by atoms with Crippen LogP contribution in [0.2, 0.25) is 0 Å². The fourth-order valence-corrected chi connectivity index (χ4v) is 2.52. The summed E-state index contributed by atoms with van der Waals surface area (Å²) in [6, 6.07) is 8.26. The highest BCUT2D eigenvalue weighted by Crippen LogP contribution is 2.09. The molecule has 3 rings (SSSR count). The quantitative estimate of drug-likeness (QED) is 0.657. The average Bonchev–Trinajstić information content (AvgIpc) is 3.05. The predicted octanol–water partition coefficient (Wildman–Crippen LogP) is 1.49. The Hall–Kier alpha value is -3.36. The van der Waals surface area contributed by atoms with Gasteiger partial charge in [0.25, 0.3) is 5.91 Å². The monoisotopic (exact) mass is 373 g/mol. The van der Waals surface area contributed by atoms with E-state index in [1.54, 1.807) is 0 Å². The summed E-state index contributed by atoms with van der Waals surface area (Å²) in [5, 5.41) is 13.2. The van der Waals surface area contributed by atoms with Gasteiger partial charge < -0.3 is 10.6 Å². The first-order chi connectivity index (χ1) is 13.0. The van der Waals surface area contributed by atoms with Crippen LogP contribution in [0, 0.1) is 11.6 Å². The molecule has 2 N–H and O–H groups in total. The molecule has 2 aromatic heterocycles. The number of nitrogens with zero attached hydrogens (tertiary/aromatic N) is 3. The van der Waals surface area contributed by atoms with Gasteiger partial charge in [0.05, 0.1) is 5.56 Å². The standard InChI is InChI=1S/C18H17F2N5O2/c19-12-4-5-13(14(20)11-12)18(27)22-9-7-17(26)21-8-6-16-24-23-15-3-1-2-10-25(15)16/h1-5,10-11H,6-9H2,(H,21,26)(H,22,27). The Bertz CT molecular complexity index is 973. The lowest BCUT2D eigenvalue weighted by Crippen LogP contribution is -2.32. The van der Waals surface area contributed by atoms with E-state index in [4.69, 9.17) is 0 Å². The van der Waals surface area contributed by atoms with Crippen LogP contribution >= 0.6 is 0 Å². The van der Waals surface area contributed by atoms with Crippen LogP contribution in [0.3, 0.4) is 0 Å². The Labute approximate surface area is 153 Å². The highest BCUT2D eigenvalue weighted by Gasteiger charge is 2.12. The summed E-state index contributed by atoms with van der Waals surface area (Å²) in [7, 11) is 0. The van der Waals surface area contributed by atoms with Crippen molar-refractivity contribution in [3.8, 4) is 0 Å². The Morgan fingerprint density at radius 1 is 1.04 bits per heavy atom. The van der Waals surface area contributed by atoms with Gasteiger partial charge in [-0.25, -0.2) is 8.78 Å². The second-order valence-corrected chi connectivity index (χ2v) is 5.78. The molecule has 0 unspecified atom stereocenters. The van der Waals surface area contributed by atoms with Crippen molar-refractivity contribution in [3.05, 3.63) is 65.6 Å². The third-order valence-electron chi connectivity index (χ3n) is 3.87. The first-order valence-corrected chi connectivity index (χ1v) is 8.33. The van der Waals surface area contributed by atoms with E-state index in [9.17, 15) is 18.4 Å². The van der Waals surface area contributed by atoms with Crippen molar-refractivity contribution < 1.29 is 18.4 Å².